The Bertz CT molecular complexity index is 985. The van der Waals surface area contributed by atoms with Crippen molar-refractivity contribution >= 4 is 37.5 Å². The summed E-state index contributed by atoms with van der Waals surface area (Å²) in [7, 11) is -3.50. The van der Waals surface area contributed by atoms with Gasteiger partial charge in [-0.2, -0.15) is 13.2 Å². The molecule has 0 atom stereocenters. The average molecular weight is 505 g/mol. The van der Waals surface area contributed by atoms with E-state index in [0.717, 1.165) is 16.6 Å². The summed E-state index contributed by atoms with van der Waals surface area (Å²) in [5.41, 5.74) is 0.170. The van der Waals surface area contributed by atoms with Gasteiger partial charge in [0.15, 0.2) is 0 Å². The number of amides is 1. The topological polar surface area (TPSA) is 66.5 Å². The van der Waals surface area contributed by atoms with Crippen LogP contribution in [0, 0.1) is 5.92 Å². The normalized spacial score (nSPS) is 16.4. The fourth-order valence-corrected chi connectivity index (χ4v) is 5.09. The molecule has 0 saturated carbocycles. The zero-order valence-electron chi connectivity index (χ0n) is 15.8. The number of piperidine rings is 1. The van der Waals surface area contributed by atoms with Gasteiger partial charge in [-0.25, -0.2) is 12.7 Å². The molecule has 3 rings (SSSR count). The number of nitrogens with one attached hydrogen (secondary N) is 1. The monoisotopic (exact) mass is 504 g/mol. The van der Waals surface area contributed by atoms with Crippen molar-refractivity contribution in [3.8, 4) is 0 Å². The Hall–Kier alpha value is -1.91. The highest BCUT2D eigenvalue weighted by Gasteiger charge is 2.32. The van der Waals surface area contributed by atoms with E-state index in [1.807, 2.05) is 0 Å². The Balaban J connectivity index is 1.54. The molecule has 30 heavy (non-hydrogen) atoms. The van der Waals surface area contributed by atoms with E-state index in [2.05, 4.69) is 21.2 Å². The summed E-state index contributed by atoms with van der Waals surface area (Å²) in [6.45, 7) is 0.452. The largest absolute Gasteiger partial charge is 0.416 e. The zero-order valence-corrected chi connectivity index (χ0v) is 18.2. The van der Waals surface area contributed by atoms with Crippen molar-refractivity contribution in [3.63, 3.8) is 0 Å². The number of halogens is 4. The standard InChI is InChI=1S/C20H20BrF3N2O3S/c21-17-5-1-14(2-6-17)13-30(28,29)26-11-9-15(10-12-26)19(27)25-18-7-3-16(4-8-18)20(22,23)24/h1-8,15H,9-13H2,(H,25,27). The lowest BCUT2D eigenvalue weighted by Gasteiger charge is -2.30. The van der Waals surface area contributed by atoms with E-state index in [4.69, 9.17) is 0 Å². The summed E-state index contributed by atoms with van der Waals surface area (Å²) in [6.07, 6.45) is -3.73. The van der Waals surface area contributed by atoms with Gasteiger partial charge in [0.05, 0.1) is 11.3 Å². The maximum atomic E-state index is 12.6. The smallest absolute Gasteiger partial charge is 0.326 e. The van der Waals surface area contributed by atoms with Gasteiger partial charge in [-0.05, 0) is 54.8 Å². The van der Waals surface area contributed by atoms with Gasteiger partial charge in [-0.15, -0.1) is 0 Å². The SMILES string of the molecule is O=C(Nc1ccc(C(F)(F)F)cc1)C1CCN(S(=O)(=O)Cc2ccc(Br)cc2)CC1. The van der Waals surface area contributed by atoms with Crippen LogP contribution in [0.2, 0.25) is 0 Å². The predicted molar refractivity (Wildman–Crippen MR) is 111 cm³/mol. The highest BCUT2D eigenvalue weighted by atomic mass is 79.9. The molecule has 0 bridgehead atoms. The lowest BCUT2D eigenvalue weighted by atomic mass is 9.97. The molecule has 1 saturated heterocycles. The number of anilines is 1. The van der Waals surface area contributed by atoms with E-state index >= 15 is 0 Å². The number of sulfonamides is 1. The van der Waals surface area contributed by atoms with Crippen LogP contribution in [0.4, 0.5) is 18.9 Å². The molecule has 0 aliphatic carbocycles. The van der Waals surface area contributed by atoms with E-state index in [0.29, 0.717) is 18.4 Å². The fraction of sp³-hybridized carbons (Fsp3) is 0.350. The number of benzene rings is 2. The Morgan fingerprint density at radius 3 is 2.13 bits per heavy atom. The predicted octanol–water partition coefficient (Wildman–Crippen LogP) is 4.65. The molecule has 2 aromatic carbocycles. The van der Waals surface area contributed by atoms with Crippen molar-refractivity contribution in [3.05, 3.63) is 64.1 Å². The van der Waals surface area contributed by atoms with Gasteiger partial charge < -0.3 is 5.32 Å². The molecule has 0 unspecified atom stereocenters. The van der Waals surface area contributed by atoms with E-state index in [9.17, 15) is 26.4 Å². The number of nitrogens with zero attached hydrogens (tertiary/aromatic N) is 1. The van der Waals surface area contributed by atoms with Gasteiger partial charge in [0, 0.05) is 29.2 Å². The maximum Gasteiger partial charge on any atom is 0.416 e. The summed E-state index contributed by atoms with van der Waals surface area (Å²) >= 11 is 3.31. The average Bonchev–Trinajstić information content (AvgIpc) is 2.69. The molecule has 10 heteroatoms. The second kappa shape index (κ2) is 9.07. The van der Waals surface area contributed by atoms with Crippen LogP contribution in [-0.2, 0) is 26.7 Å². The number of carbonyl (C=O) groups is 1. The Morgan fingerprint density at radius 2 is 1.60 bits per heavy atom. The van der Waals surface area contributed by atoms with Crippen molar-refractivity contribution in [2.24, 2.45) is 5.92 Å². The lowest BCUT2D eigenvalue weighted by Crippen LogP contribution is -2.41. The minimum atomic E-state index is -4.43. The first-order valence-electron chi connectivity index (χ1n) is 9.25. The van der Waals surface area contributed by atoms with Gasteiger partial charge in [-0.1, -0.05) is 28.1 Å². The van der Waals surface area contributed by atoms with Crippen LogP contribution in [0.3, 0.4) is 0 Å². The molecule has 0 aromatic heterocycles. The van der Waals surface area contributed by atoms with Crippen LogP contribution < -0.4 is 5.32 Å². The fourth-order valence-electron chi connectivity index (χ4n) is 3.27. The zero-order chi connectivity index (χ0) is 21.9. The molecule has 1 fully saturated rings. The highest BCUT2D eigenvalue weighted by Crippen LogP contribution is 2.30. The lowest BCUT2D eigenvalue weighted by molar-refractivity contribution is -0.137. The number of hydrogen-bond acceptors (Lipinski definition) is 3. The maximum absolute atomic E-state index is 12.6. The molecule has 1 heterocycles. The molecule has 1 N–H and O–H groups in total. The quantitative estimate of drug-likeness (QED) is 0.644. The molecule has 0 radical (unpaired) electrons. The van der Waals surface area contributed by atoms with Crippen LogP contribution in [-0.4, -0.2) is 31.7 Å². The molecular weight excluding hydrogens is 485 g/mol. The number of hydrogen-bond donors (Lipinski definition) is 1. The molecule has 1 aliphatic rings. The molecule has 2 aromatic rings. The number of rotatable bonds is 5. The van der Waals surface area contributed by atoms with Crippen molar-refractivity contribution in [2.45, 2.75) is 24.8 Å². The molecule has 162 valence electrons. The Labute approximate surface area is 181 Å². The van der Waals surface area contributed by atoms with E-state index < -0.39 is 27.7 Å². The van der Waals surface area contributed by atoms with Gasteiger partial charge in [-0.3, -0.25) is 4.79 Å². The molecule has 0 spiro atoms. The van der Waals surface area contributed by atoms with Gasteiger partial charge >= 0.3 is 6.18 Å². The number of alkyl halides is 3. The van der Waals surface area contributed by atoms with Crippen LogP contribution in [0.25, 0.3) is 0 Å². The Kier molecular flexibility index (Phi) is 6.88. The van der Waals surface area contributed by atoms with Gasteiger partial charge in [0.2, 0.25) is 15.9 Å². The van der Waals surface area contributed by atoms with Crippen molar-refractivity contribution < 1.29 is 26.4 Å². The summed E-state index contributed by atoms with van der Waals surface area (Å²) in [6, 6.07) is 11.3. The summed E-state index contributed by atoms with van der Waals surface area (Å²) in [5.74, 6) is -0.825. The number of carbonyl (C=O) groups excluding carboxylic acids is 1. The van der Waals surface area contributed by atoms with Crippen molar-refractivity contribution in [1.82, 2.24) is 4.31 Å². The first kappa shape index (κ1) is 22.8. The van der Waals surface area contributed by atoms with Crippen LogP contribution in [0.1, 0.15) is 24.0 Å². The van der Waals surface area contributed by atoms with E-state index in [-0.39, 0.29) is 30.4 Å². The minimum absolute atomic E-state index is 0.108. The minimum Gasteiger partial charge on any atom is -0.326 e. The van der Waals surface area contributed by atoms with E-state index in [1.54, 1.807) is 24.3 Å². The molecule has 5 nitrogen and oxygen atoms in total. The van der Waals surface area contributed by atoms with Crippen LogP contribution in [0.15, 0.2) is 53.0 Å². The van der Waals surface area contributed by atoms with Gasteiger partial charge in [0.25, 0.3) is 0 Å². The summed E-state index contributed by atoms with van der Waals surface area (Å²) in [4.78, 5) is 12.4. The van der Waals surface area contributed by atoms with Crippen molar-refractivity contribution in [2.75, 3.05) is 18.4 Å². The molecule has 1 amide bonds. The van der Waals surface area contributed by atoms with Crippen LogP contribution in [0.5, 0.6) is 0 Å². The molecule has 1 aliphatic heterocycles. The van der Waals surface area contributed by atoms with Gasteiger partial charge in [0.1, 0.15) is 0 Å². The summed E-state index contributed by atoms with van der Waals surface area (Å²) < 4.78 is 65.4. The Morgan fingerprint density at radius 1 is 1.03 bits per heavy atom. The van der Waals surface area contributed by atoms with E-state index in [1.165, 1.54) is 16.4 Å². The second-order valence-electron chi connectivity index (χ2n) is 7.12. The summed E-state index contributed by atoms with van der Waals surface area (Å²) in [5, 5.41) is 2.61. The third-order valence-electron chi connectivity index (χ3n) is 4.96. The van der Waals surface area contributed by atoms with Crippen LogP contribution >= 0.6 is 15.9 Å². The first-order chi connectivity index (χ1) is 14.0. The third kappa shape index (κ3) is 5.83. The van der Waals surface area contributed by atoms with Crippen molar-refractivity contribution in [1.29, 1.82) is 0 Å². The first-order valence-corrected chi connectivity index (χ1v) is 11.7. The second-order valence-corrected chi connectivity index (χ2v) is 10.0. The molecular formula is C20H20BrF3N2O3S. The third-order valence-corrected chi connectivity index (χ3v) is 7.34. The highest BCUT2D eigenvalue weighted by molar-refractivity contribution is 9.10.